The van der Waals surface area contributed by atoms with Crippen LogP contribution in [0.15, 0.2) is 24.3 Å². The summed E-state index contributed by atoms with van der Waals surface area (Å²) in [6.07, 6.45) is 87.7. The molecule has 1 aliphatic heterocycles. The summed E-state index contributed by atoms with van der Waals surface area (Å²) in [5.41, 5.74) is 0. The van der Waals surface area contributed by atoms with E-state index in [0.29, 0.717) is 6.42 Å². The van der Waals surface area contributed by atoms with E-state index >= 15 is 0 Å². The lowest BCUT2D eigenvalue weighted by Gasteiger charge is -2.40. The number of ether oxygens (including phenoxy) is 2. The van der Waals surface area contributed by atoms with Crippen molar-refractivity contribution in [3.05, 3.63) is 24.3 Å². The fourth-order valence-corrected chi connectivity index (χ4v) is 13.5. The number of allylic oxidation sites excluding steroid dienone is 3. The van der Waals surface area contributed by atoms with Crippen molar-refractivity contribution < 1.29 is 39.8 Å². The molecule has 1 aliphatic rings. The Morgan fingerprint density at radius 2 is 0.622 bits per heavy atom. The second kappa shape index (κ2) is 70.5. The zero-order valence-corrected chi connectivity index (χ0v) is 60.2. The number of carbonyl (C=O) groups is 1. The van der Waals surface area contributed by atoms with Crippen LogP contribution < -0.4 is 5.32 Å². The molecular weight excluding hydrogens is 1110 g/mol. The van der Waals surface area contributed by atoms with Crippen LogP contribution >= 0.6 is 0 Å². The molecule has 7 atom stereocenters. The minimum Gasteiger partial charge on any atom is -0.394 e. The van der Waals surface area contributed by atoms with Gasteiger partial charge >= 0.3 is 0 Å². The molecule has 1 amide bonds. The molecule has 9 heteroatoms. The third-order valence-electron chi connectivity index (χ3n) is 19.8. The molecule has 1 saturated heterocycles. The summed E-state index contributed by atoms with van der Waals surface area (Å²) in [6.45, 7) is 3.85. The van der Waals surface area contributed by atoms with Crippen molar-refractivity contribution in [2.24, 2.45) is 0 Å². The molecule has 1 rings (SSSR count). The fourth-order valence-electron chi connectivity index (χ4n) is 13.5. The van der Waals surface area contributed by atoms with Crippen LogP contribution in [0, 0.1) is 0 Å². The first kappa shape index (κ1) is 86.7. The number of carbonyl (C=O) groups excluding carboxylic acids is 1. The van der Waals surface area contributed by atoms with E-state index in [9.17, 15) is 30.3 Å². The molecule has 0 aliphatic carbocycles. The smallest absolute Gasteiger partial charge is 0.220 e. The van der Waals surface area contributed by atoms with Gasteiger partial charge in [0.15, 0.2) is 6.29 Å². The summed E-state index contributed by atoms with van der Waals surface area (Å²) < 4.78 is 11.3. The molecule has 534 valence electrons. The van der Waals surface area contributed by atoms with Gasteiger partial charge in [0, 0.05) is 6.42 Å². The number of amides is 1. The SMILES string of the molecule is CCCCCCCCCC/C=C\CCCCCCCCCCCCCCCCCCCCCCCCCCCCCCCC(=O)NC(COC1OC(CO)C(O)C(O)C1O)C(O)/C=C/CCCCCCCCCCCCCCCCCCCCCCCCCC. The fraction of sp³-hybridized carbons (Fsp3) is 0.938. The Bertz CT molecular complexity index is 1480. The highest BCUT2D eigenvalue weighted by Gasteiger charge is 2.44. The second-order valence-corrected chi connectivity index (χ2v) is 28.6. The van der Waals surface area contributed by atoms with Crippen molar-refractivity contribution in [3.63, 3.8) is 0 Å². The average Bonchev–Trinajstić information content (AvgIpc) is 1.28. The monoisotopic (exact) mass is 1270 g/mol. The minimum absolute atomic E-state index is 0.166. The van der Waals surface area contributed by atoms with Gasteiger partial charge in [0.2, 0.25) is 5.91 Å². The number of rotatable bonds is 73. The van der Waals surface area contributed by atoms with E-state index in [1.165, 1.54) is 372 Å². The van der Waals surface area contributed by atoms with Gasteiger partial charge in [-0.15, -0.1) is 0 Å². The molecule has 0 saturated carbocycles. The zero-order valence-electron chi connectivity index (χ0n) is 60.2. The van der Waals surface area contributed by atoms with Gasteiger partial charge < -0.3 is 40.3 Å². The van der Waals surface area contributed by atoms with Gasteiger partial charge in [-0.3, -0.25) is 4.79 Å². The van der Waals surface area contributed by atoms with Gasteiger partial charge in [0.25, 0.3) is 0 Å². The molecule has 90 heavy (non-hydrogen) atoms. The summed E-state index contributed by atoms with van der Waals surface area (Å²) in [5.74, 6) is -0.166. The molecule has 0 aromatic carbocycles. The van der Waals surface area contributed by atoms with Gasteiger partial charge in [-0.1, -0.05) is 404 Å². The summed E-state index contributed by atoms with van der Waals surface area (Å²) >= 11 is 0. The number of unbranched alkanes of at least 4 members (excludes halogenated alkanes) is 61. The Morgan fingerprint density at radius 1 is 0.367 bits per heavy atom. The lowest BCUT2D eigenvalue weighted by Crippen LogP contribution is -2.60. The van der Waals surface area contributed by atoms with E-state index < -0.39 is 49.5 Å². The summed E-state index contributed by atoms with van der Waals surface area (Å²) in [7, 11) is 0. The Kier molecular flexibility index (Phi) is 67.9. The van der Waals surface area contributed by atoms with Crippen LogP contribution in [0.2, 0.25) is 0 Å². The lowest BCUT2D eigenvalue weighted by molar-refractivity contribution is -0.302. The van der Waals surface area contributed by atoms with Gasteiger partial charge in [-0.25, -0.2) is 0 Å². The van der Waals surface area contributed by atoms with Gasteiger partial charge in [-0.2, -0.15) is 0 Å². The van der Waals surface area contributed by atoms with E-state index in [-0.39, 0.29) is 12.5 Å². The number of aliphatic hydroxyl groups is 5. The van der Waals surface area contributed by atoms with Crippen molar-refractivity contribution in [2.45, 2.75) is 474 Å². The first-order valence-electron chi connectivity index (χ1n) is 40.6. The van der Waals surface area contributed by atoms with Crippen LogP contribution in [0.3, 0.4) is 0 Å². The van der Waals surface area contributed by atoms with E-state index in [4.69, 9.17) is 9.47 Å². The maximum absolute atomic E-state index is 13.2. The minimum atomic E-state index is -1.57. The van der Waals surface area contributed by atoms with Crippen LogP contribution in [0.1, 0.15) is 431 Å². The van der Waals surface area contributed by atoms with Crippen LogP contribution in [0.5, 0.6) is 0 Å². The van der Waals surface area contributed by atoms with Gasteiger partial charge in [0.1, 0.15) is 24.4 Å². The Hall–Kier alpha value is -1.33. The molecule has 0 aromatic rings. The topological polar surface area (TPSA) is 149 Å². The van der Waals surface area contributed by atoms with Crippen LogP contribution in [0.25, 0.3) is 0 Å². The number of nitrogens with one attached hydrogen (secondary N) is 1. The summed E-state index contributed by atoms with van der Waals surface area (Å²) in [4.78, 5) is 13.2. The highest BCUT2D eigenvalue weighted by atomic mass is 16.7. The van der Waals surface area contributed by atoms with Gasteiger partial charge in [0.05, 0.1) is 25.4 Å². The lowest BCUT2D eigenvalue weighted by atomic mass is 9.99. The average molecular weight is 1270 g/mol. The quantitative estimate of drug-likeness (QED) is 0.0261. The van der Waals surface area contributed by atoms with Crippen molar-refractivity contribution in [2.75, 3.05) is 13.2 Å². The third-order valence-corrected chi connectivity index (χ3v) is 19.8. The maximum atomic E-state index is 13.2. The predicted molar refractivity (Wildman–Crippen MR) is 387 cm³/mol. The predicted octanol–water partition coefficient (Wildman–Crippen LogP) is 23.2. The highest BCUT2D eigenvalue weighted by Crippen LogP contribution is 2.24. The van der Waals surface area contributed by atoms with E-state index in [1.54, 1.807) is 6.08 Å². The normalized spacial score (nSPS) is 17.8. The molecule has 9 nitrogen and oxygen atoms in total. The van der Waals surface area contributed by atoms with Crippen LogP contribution in [-0.2, 0) is 14.3 Å². The Morgan fingerprint density at radius 3 is 0.900 bits per heavy atom. The third kappa shape index (κ3) is 58.1. The van der Waals surface area contributed by atoms with E-state index in [0.717, 1.165) is 38.5 Å². The molecule has 7 unspecified atom stereocenters. The van der Waals surface area contributed by atoms with Crippen LogP contribution in [-0.4, -0.2) is 87.5 Å². The molecule has 0 radical (unpaired) electrons. The Labute approximate surface area is 559 Å². The van der Waals surface area contributed by atoms with Crippen molar-refractivity contribution in [1.29, 1.82) is 0 Å². The first-order valence-corrected chi connectivity index (χ1v) is 40.6. The zero-order chi connectivity index (χ0) is 64.9. The van der Waals surface area contributed by atoms with E-state index in [1.807, 2.05) is 6.08 Å². The molecule has 0 spiro atoms. The molecular formula is C81H157NO8. The summed E-state index contributed by atoms with van der Waals surface area (Å²) in [6, 6.07) is -0.804. The first-order chi connectivity index (χ1) is 44.3. The molecule has 6 N–H and O–H groups in total. The van der Waals surface area contributed by atoms with Crippen molar-refractivity contribution in [1.82, 2.24) is 5.32 Å². The van der Waals surface area contributed by atoms with Crippen LogP contribution in [0.4, 0.5) is 0 Å². The molecule has 0 bridgehead atoms. The highest BCUT2D eigenvalue weighted by molar-refractivity contribution is 5.76. The molecule has 1 heterocycles. The number of aliphatic hydroxyl groups excluding tert-OH is 5. The number of hydrogen-bond donors (Lipinski definition) is 6. The maximum Gasteiger partial charge on any atom is 0.220 e. The molecule has 0 aromatic heterocycles. The van der Waals surface area contributed by atoms with E-state index in [2.05, 4.69) is 31.3 Å². The Balaban J connectivity index is 2.02. The second-order valence-electron chi connectivity index (χ2n) is 28.6. The number of hydrogen-bond acceptors (Lipinski definition) is 8. The van der Waals surface area contributed by atoms with Crippen molar-refractivity contribution in [3.8, 4) is 0 Å². The standard InChI is InChI=1S/C81H157NO8/c1-3-5-7-9-11-13-15-17-19-21-23-25-27-29-31-32-33-34-35-36-37-38-39-40-41-42-43-44-45-47-49-51-53-55-57-59-61-63-65-67-69-71-77(85)82-74(73-89-81-80(88)79(87)78(86)76(72-83)90-81)75(84)70-68-66-64-62-60-58-56-54-52-50-48-46-30-28-26-24-22-20-18-16-14-12-10-8-6-4-2/h21,23,68,70,74-76,78-81,83-84,86-88H,3-20,22,24-67,69,71-73H2,1-2H3,(H,82,85)/b23-21-,70-68+. The van der Waals surface area contributed by atoms with Crippen molar-refractivity contribution >= 4 is 5.91 Å². The molecule has 1 fully saturated rings. The van der Waals surface area contributed by atoms with Gasteiger partial charge in [-0.05, 0) is 44.9 Å². The summed E-state index contributed by atoms with van der Waals surface area (Å²) in [5, 5.41) is 54.9. The largest absolute Gasteiger partial charge is 0.394 e.